The Kier molecular flexibility index (Phi) is 4.02. The first-order valence-electron chi connectivity index (χ1n) is 6.88. The van der Waals surface area contributed by atoms with Gasteiger partial charge in [0.15, 0.2) is 0 Å². The molecule has 0 radical (unpaired) electrons. The van der Waals surface area contributed by atoms with E-state index in [-0.39, 0.29) is 23.6 Å². The fraction of sp³-hybridized carbons (Fsp3) is 0.375. The molecule has 2 N–H and O–H groups in total. The molecule has 5 nitrogen and oxygen atoms in total. The van der Waals surface area contributed by atoms with Crippen LogP contribution in [0.25, 0.3) is 11.5 Å². The first-order valence-corrected chi connectivity index (χ1v) is 6.88. The number of anilines is 1. The van der Waals surface area contributed by atoms with Gasteiger partial charge in [0, 0.05) is 5.56 Å². The molecule has 0 spiro atoms. The number of aromatic nitrogens is 1. The molecule has 5 heteroatoms. The normalized spacial score (nSPS) is 11.4. The third kappa shape index (κ3) is 3.07. The topological polar surface area (TPSA) is 78.3 Å². The van der Waals surface area contributed by atoms with Crippen molar-refractivity contribution >= 4 is 11.9 Å². The zero-order valence-electron chi connectivity index (χ0n) is 12.8. The molecule has 0 amide bonds. The number of carbonyl (C=O) groups is 1. The van der Waals surface area contributed by atoms with Crippen molar-refractivity contribution in [1.29, 1.82) is 0 Å². The highest BCUT2D eigenvalue weighted by atomic mass is 16.5. The lowest BCUT2D eigenvalue weighted by Crippen LogP contribution is -2.12. The minimum absolute atomic E-state index is 0.0211. The molecular weight excluding hydrogens is 268 g/mol. The summed E-state index contributed by atoms with van der Waals surface area (Å²) in [7, 11) is 0. The highest BCUT2D eigenvalue weighted by Crippen LogP contribution is 2.33. The van der Waals surface area contributed by atoms with E-state index in [0.717, 1.165) is 11.1 Å². The molecule has 0 bridgehead atoms. The van der Waals surface area contributed by atoms with Gasteiger partial charge >= 0.3 is 5.97 Å². The third-order valence-electron chi connectivity index (χ3n) is 3.09. The second-order valence-corrected chi connectivity index (χ2v) is 5.75. The van der Waals surface area contributed by atoms with Crippen molar-refractivity contribution in [3.63, 3.8) is 0 Å². The van der Waals surface area contributed by atoms with E-state index in [2.05, 4.69) is 25.8 Å². The number of carbonyl (C=O) groups excluding carboxylic acids is 1. The van der Waals surface area contributed by atoms with Crippen LogP contribution in [0, 0.1) is 0 Å². The number of nitrogens with two attached hydrogens (primary N) is 1. The predicted molar refractivity (Wildman–Crippen MR) is 81.0 cm³/mol. The van der Waals surface area contributed by atoms with Crippen molar-refractivity contribution in [3.8, 4) is 11.5 Å². The SMILES string of the molecule is CCOC(=O)c1nc(-c2ccccc2C(C)(C)C)oc1N. The average Bonchev–Trinajstić information content (AvgIpc) is 2.80. The van der Waals surface area contributed by atoms with E-state index in [4.69, 9.17) is 14.9 Å². The Morgan fingerprint density at radius 2 is 2.00 bits per heavy atom. The summed E-state index contributed by atoms with van der Waals surface area (Å²) in [6.07, 6.45) is 0. The van der Waals surface area contributed by atoms with Crippen LogP contribution in [0.2, 0.25) is 0 Å². The van der Waals surface area contributed by atoms with E-state index in [1.165, 1.54) is 0 Å². The van der Waals surface area contributed by atoms with Crippen LogP contribution in [0.1, 0.15) is 43.7 Å². The molecular formula is C16H20N2O3. The number of nitrogen functional groups attached to an aromatic ring is 1. The number of oxazole rings is 1. The second kappa shape index (κ2) is 5.60. The van der Waals surface area contributed by atoms with E-state index >= 15 is 0 Å². The van der Waals surface area contributed by atoms with Gasteiger partial charge in [0.05, 0.1) is 6.61 Å². The average molecular weight is 288 g/mol. The van der Waals surface area contributed by atoms with Crippen molar-refractivity contribution in [1.82, 2.24) is 4.98 Å². The van der Waals surface area contributed by atoms with E-state index in [1.807, 2.05) is 24.3 Å². The van der Waals surface area contributed by atoms with Crippen LogP contribution in [0.4, 0.5) is 5.88 Å². The van der Waals surface area contributed by atoms with E-state index in [9.17, 15) is 4.79 Å². The first kappa shape index (κ1) is 15.1. The number of rotatable bonds is 3. The van der Waals surface area contributed by atoms with E-state index in [0.29, 0.717) is 5.89 Å². The van der Waals surface area contributed by atoms with Crippen molar-refractivity contribution < 1.29 is 13.9 Å². The summed E-state index contributed by atoms with van der Waals surface area (Å²) in [6.45, 7) is 8.29. The number of ether oxygens (including phenoxy) is 1. The fourth-order valence-electron chi connectivity index (χ4n) is 2.12. The van der Waals surface area contributed by atoms with Crippen molar-refractivity contribution in [3.05, 3.63) is 35.5 Å². The molecule has 0 atom stereocenters. The standard InChI is InChI=1S/C16H20N2O3/c1-5-20-15(19)12-13(17)21-14(18-12)10-8-6-7-9-11(10)16(2,3)4/h6-9H,5,17H2,1-4H3. The quantitative estimate of drug-likeness (QED) is 0.876. The van der Waals surface area contributed by atoms with Gasteiger partial charge in [0.1, 0.15) is 0 Å². The molecule has 21 heavy (non-hydrogen) atoms. The van der Waals surface area contributed by atoms with Gasteiger partial charge in [-0.2, -0.15) is 4.98 Å². The Morgan fingerprint density at radius 1 is 1.33 bits per heavy atom. The largest absolute Gasteiger partial charge is 0.461 e. The van der Waals surface area contributed by atoms with Crippen molar-refractivity contribution in [2.45, 2.75) is 33.1 Å². The fourth-order valence-corrected chi connectivity index (χ4v) is 2.12. The molecule has 0 unspecified atom stereocenters. The minimum atomic E-state index is -0.571. The summed E-state index contributed by atoms with van der Waals surface area (Å²) in [4.78, 5) is 16.0. The summed E-state index contributed by atoms with van der Waals surface area (Å²) in [5.74, 6) is -0.258. The highest BCUT2D eigenvalue weighted by Gasteiger charge is 2.24. The van der Waals surface area contributed by atoms with Gasteiger partial charge in [-0.25, -0.2) is 4.79 Å². The number of benzene rings is 1. The van der Waals surface area contributed by atoms with Gasteiger partial charge in [-0.15, -0.1) is 0 Å². The first-order chi connectivity index (χ1) is 9.84. The lowest BCUT2D eigenvalue weighted by atomic mass is 9.84. The van der Waals surface area contributed by atoms with Gasteiger partial charge in [-0.1, -0.05) is 39.0 Å². The monoisotopic (exact) mass is 288 g/mol. The molecule has 1 heterocycles. The predicted octanol–water partition coefficient (Wildman–Crippen LogP) is 3.40. The molecule has 0 aliphatic rings. The molecule has 112 valence electrons. The second-order valence-electron chi connectivity index (χ2n) is 5.75. The Hall–Kier alpha value is -2.30. The summed E-state index contributed by atoms with van der Waals surface area (Å²) >= 11 is 0. The highest BCUT2D eigenvalue weighted by molar-refractivity contribution is 5.92. The maximum atomic E-state index is 11.8. The third-order valence-corrected chi connectivity index (χ3v) is 3.09. The van der Waals surface area contributed by atoms with Crippen LogP contribution in [0.3, 0.4) is 0 Å². The summed E-state index contributed by atoms with van der Waals surface area (Å²) in [5, 5.41) is 0. The Bertz CT molecular complexity index is 654. The number of esters is 1. The Balaban J connectivity index is 2.50. The van der Waals surface area contributed by atoms with Crippen molar-refractivity contribution in [2.24, 2.45) is 0 Å². The van der Waals surface area contributed by atoms with E-state index in [1.54, 1.807) is 6.92 Å². The van der Waals surface area contributed by atoms with Crippen LogP contribution in [0.5, 0.6) is 0 Å². The van der Waals surface area contributed by atoms with Crippen LogP contribution >= 0.6 is 0 Å². The molecule has 0 fully saturated rings. The summed E-state index contributed by atoms with van der Waals surface area (Å²) < 4.78 is 10.4. The molecule has 0 aliphatic heterocycles. The zero-order valence-corrected chi connectivity index (χ0v) is 12.8. The van der Waals surface area contributed by atoms with E-state index < -0.39 is 5.97 Å². The van der Waals surface area contributed by atoms with Crippen LogP contribution in [-0.4, -0.2) is 17.6 Å². The van der Waals surface area contributed by atoms with Crippen molar-refractivity contribution in [2.75, 3.05) is 12.3 Å². The molecule has 1 aromatic heterocycles. The Morgan fingerprint density at radius 3 is 2.62 bits per heavy atom. The van der Waals surface area contributed by atoms with Crippen LogP contribution < -0.4 is 5.73 Å². The minimum Gasteiger partial charge on any atom is -0.461 e. The lowest BCUT2D eigenvalue weighted by molar-refractivity contribution is 0.0521. The number of nitrogens with zero attached hydrogens (tertiary/aromatic N) is 1. The zero-order chi connectivity index (χ0) is 15.6. The number of hydrogen-bond acceptors (Lipinski definition) is 5. The summed E-state index contributed by atoms with van der Waals surface area (Å²) in [5.41, 5.74) is 7.58. The molecule has 0 aliphatic carbocycles. The molecule has 2 aromatic rings. The maximum Gasteiger partial charge on any atom is 0.362 e. The van der Waals surface area contributed by atoms with Gasteiger partial charge < -0.3 is 14.9 Å². The van der Waals surface area contributed by atoms with Gasteiger partial charge in [0.2, 0.25) is 17.5 Å². The van der Waals surface area contributed by atoms with Crippen LogP contribution in [-0.2, 0) is 10.2 Å². The summed E-state index contributed by atoms with van der Waals surface area (Å²) in [6, 6.07) is 7.78. The smallest absolute Gasteiger partial charge is 0.362 e. The molecule has 0 saturated heterocycles. The maximum absolute atomic E-state index is 11.8. The van der Waals surface area contributed by atoms with Gasteiger partial charge in [-0.05, 0) is 24.0 Å². The van der Waals surface area contributed by atoms with Gasteiger partial charge in [-0.3, -0.25) is 0 Å². The Labute approximate surface area is 124 Å². The molecule has 0 saturated carbocycles. The molecule has 2 rings (SSSR count). The lowest BCUT2D eigenvalue weighted by Gasteiger charge is -2.21. The molecule has 1 aromatic carbocycles. The van der Waals surface area contributed by atoms with Gasteiger partial charge in [0.25, 0.3) is 0 Å². The van der Waals surface area contributed by atoms with Crippen LogP contribution in [0.15, 0.2) is 28.7 Å². The number of hydrogen-bond donors (Lipinski definition) is 1.